The van der Waals surface area contributed by atoms with E-state index in [0.29, 0.717) is 10.0 Å². The maximum Gasteiger partial charge on any atom is 0.163 e. The summed E-state index contributed by atoms with van der Waals surface area (Å²) in [7, 11) is 0. The van der Waals surface area contributed by atoms with E-state index in [9.17, 15) is 0 Å². The minimum atomic E-state index is 0.578. The van der Waals surface area contributed by atoms with Crippen LogP contribution in [0.15, 0.2) is 36.8 Å². The molecular formula is C14H11Cl2N3. The van der Waals surface area contributed by atoms with E-state index in [2.05, 4.69) is 16.9 Å². The lowest BCUT2D eigenvalue weighted by Crippen LogP contribution is -1.91. The molecule has 0 bridgehead atoms. The summed E-state index contributed by atoms with van der Waals surface area (Å²) in [6.07, 6.45) is 6.52. The highest BCUT2D eigenvalue weighted by Crippen LogP contribution is 2.31. The summed E-state index contributed by atoms with van der Waals surface area (Å²) in [5.74, 6) is 0. The smallest absolute Gasteiger partial charge is 0.163 e. The van der Waals surface area contributed by atoms with Gasteiger partial charge in [0.05, 0.1) is 10.7 Å². The molecule has 1 aromatic carbocycles. The monoisotopic (exact) mass is 291 g/mol. The molecule has 0 N–H and O–H groups in total. The number of fused-ring (bicyclic) bond motifs is 1. The van der Waals surface area contributed by atoms with Gasteiger partial charge in [-0.25, -0.2) is 4.98 Å². The molecule has 3 nitrogen and oxygen atoms in total. The molecule has 5 heteroatoms. The maximum absolute atomic E-state index is 6.24. The Morgan fingerprint density at radius 1 is 1.26 bits per heavy atom. The van der Waals surface area contributed by atoms with Crippen LogP contribution in [0.4, 0.5) is 0 Å². The molecular weight excluding hydrogens is 281 g/mol. The van der Waals surface area contributed by atoms with Gasteiger partial charge in [-0.1, -0.05) is 30.1 Å². The Kier molecular flexibility index (Phi) is 3.17. The molecule has 0 spiro atoms. The molecule has 96 valence electrons. The zero-order valence-electron chi connectivity index (χ0n) is 10.3. The Bertz CT molecular complexity index is 750. The van der Waals surface area contributed by atoms with Crippen molar-refractivity contribution in [3.63, 3.8) is 0 Å². The minimum Gasteiger partial charge on any atom is -0.303 e. The van der Waals surface area contributed by atoms with Crippen LogP contribution in [-0.2, 0) is 6.42 Å². The van der Waals surface area contributed by atoms with Gasteiger partial charge in [0.1, 0.15) is 5.69 Å². The van der Waals surface area contributed by atoms with E-state index in [1.807, 2.05) is 22.9 Å². The largest absolute Gasteiger partial charge is 0.303 e. The third-order valence-corrected chi connectivity index (χ3v) is 3.52. The molecule has 3 aromatic rings. The second-order valence-corrected chi connectivity index (χ2v) is 5.06. The van der Waals surface area contributed by atoms with Crippen LogP contribution in [-0.4, -0.2) is 14.4 Å². The molecule has 0 aliphatic carbocycles. The van der Waals surface area contributed by atoms with E-state index in [1.165, 1.54) is 0 Å². The molecule has 0 fully saturated rings. The van der Waals surface area contributed by atoms with Crippen molar-refractivity contribution in [2.45, 2.75) is 13.3 Å². The van der Waals surface area contributed by atoms with Crippen LogP contribution in [0.1, 0.15) is 12.6 Å². The Labute approximate surface area is 120 Å². The highest BCUT2D eigenvalue weighted by Gasteiger charge is 2.12. The van der Waals surface area contributed by atoms with Crippen molar-refractivity contribution in [1.82, 2.24) is 14.4 Å². The van der Waals surface area contributed by atoms with Gasteiger partial charge in [0.25, 0.3) is 0 Å². The zero-order chi connectivity index (χ0) is 13.4. The van der Waals surface area contributed by atoms with Crippen molar-refractivity contribution in [2.24, 2.45) is 0 Å². The van der Waals surface area contributed by atoms with Crippen molar-refractivity contribution in [1.29, 1.82) is 0 Å². The second kappa shape index (κ2) is 4.83. The molecule has 0 atom stereocenters. The van der Waals surface area contributed by atoms with Crippen LogP contribution in [0.2, 0.25) is 10.0 Å². The van der Waals surface area contributed by atoms with Crippen molar-refractivity contribution in [2.75, 3.05) is 0 Å². The molecule has 19 heavy (non-hydrogen) atoms. The number of imidazole rings is 1. The number of hydrogen-bond acceptors (Lipinski definition) is 2. The molecule has 0 saturated carbocycles. The Balaban J connectivity index is 2.26. The van der Waals surface area contributed by atoms with Crippen molar-refractivity contribution in [3.8, 4) is 11.3 Å². The predicted molar refractivity (Wildman–Crippen MR) is 77.8 cm³/mol. The van der Waals surface area contributed by atoms with Crippen molar-refractivity contribution in [3.05, 3.63) is 52.5 Å². The average molecular weight is 292 g/mol. The lowest BCUT2D eigenvalue weighted by molar-refractivity contribution is 1.07. The van der Waals surface area contributed by atoms with Gasteiger partial charge in [-0.05, 0) is 24.6 Å². The molecule has 0 radical (unpaired) electrons. The van der Waals surface area contributed by atoms with Gasteiger partial charge in [-0.3, -0.25) is 4.98 Å². The molecule has 0 aliphatic heterocycles. The number of rotatable bonds is 2. The number of hydrogen-bond donors (Lipinski definition) is 0. The van der Waals surface area contributed by atoms with Crippen molar-refractivity contribution >= 4 is 28.8 Å². The third kappa shape index (κ3) is 2.20. The predicted octanol–water partition coefficient (Wildman–Crippen LogP) is 4.27. The standard InChI is InChI=1S/C14H11Cl2N3/c1-2-10-8-19-6-5-17-13(14(19)18-10)11-4-3-9(15)7-12(11)16/h3-8H,2H2,1H3. The fourth-order valence-corrected chi connectivity index (χ4v) is 2.51. The average Bonchev–Trinajstić information content (AvgIpc) is 2.82. The van der Waals surface area contributed by atoms with E-state index in [4.69, 9.17) is 23.2 Å². The van der Waals surface area contributed by atoms with Crippen LogP contribution < -0.4 is 0 Å². The van der Waals surface area contributed by atoms with Gasteiger partial charge < -0.3 is 4.40 Å². The summed E-state index contributed by atoms with van der Waals surface area (Å²) in [5, 5.41) is 1.19. The van der Waals surface area contributed by atoms with Crippen LogP contribution in [0.25, 0.3) is 16.9 Å². The van der Waals surface area contributed by atoms with Crippen molar-refractivity contribution < 1.29 is 0 Å². The molecule has 2 aromatic heterocycles. The van der Waals surface area contributed by atoms with Gasteiger partial charge in [0.15, 0.2) is 5.65 Å². The van der Waals surface area contributed by atoms with Gasteiger partial charge in [-0.2, -0.15) is 0 Å². The number of nitrogens with zero attached hydrogens (tertiary/aromatic N) is 3. The summed E-state index contributed by atoms with van der Waals surface area (Å²) in [6, 6.07) is 5.39. The topological polar surface area (TPSA) is 30.2 Å². The van der Waals surface area contributed by atoms with Gasteiger partial charge in [0, 0.05) is 29.2 Å². The molecule has 0 amide bonds. The first-order valence-corrected chi connectivity index (χ1v) is 6.72. The lowest BCUT2D eigenvalue weighted by atomic mass is 10.1. The number of benzene rings is 1. The van der Waals surface area contributed by atoms with Crippen LogP contribution in [0.3, 0.4) is 0 Å². The highest BCUT2D eigenvalue weighted by molar-refractivity contribution is 6.36. The minimum absolute atomic E-state index is 0.578. The third-order valence-electron chi connectivity index (χ3n) is 2.97. The fraction of sp³-hybridized carbons (Fsp3) is 0.143. The maximum atomic E-state index is 6.24. The first kappa shape index (κ1) is 12.5. The summed E-state index contributed by atoms with van der Waals surface area (Å²) in [5.41, 5.74) is 3.44. The first-order chi connectivity index (χ1) is 9.19. The Morgan fingerprint density at radius 2 is 2.11 bits per heavy atom. The van der Waals surface area contributed by atoms with Gasteiger partial charge in [0.2, 0.25) is 0 Å². The fourth-order valence-electron chi connectivity index (χ4n) is 2.01. The second-order valence-electron chi connectivity index (χ2n) is 4.22. The van der Waals surface area contributed by atoms with Gasteiger partial charge in [-0.15, -0.1) is 0 Å². The van der Waals surface area contributed by atoms with E-state index in [0.717, 1.165) is 29.0 Å². The molecule has 2 heterocycles. The van der Waals surface area contributed by atoms with E-state index in [1.54, 1.807) is 18.3 Å². The van der Waals surface area contributed by atoms with Crippen LogP contribution in [0.5, 0.6) is 0 Å². The van der Waals surface area contributed by atoms with Crippen LogP contribution in [0, 0.1) is 0 Å². The Morgan fingerprint density at radius 3 is 2.84 bits per heavy atom. The normalized spacial score (nSPS) is 11.1. The van der Waals surface area contributed by atoms with E-state index in [-0.39, 0.29) is 0 Å². The van der Waals surface area contributed by atoms with Gasteiger partial charge >= 0.3 is 0 Å². The van der Waals surface area contributed by atoms with E-state index < -0.39 is 0 Å². The summed E-state index contributed by atoms with van der Waals surface area (Å²) >= 11 is 12.2. The molecule has 0 saturated heterocycles. The first-order valence-electron chi connectivity index (χ1n) is 5.97. The molecule has 3 rings (SSSR count). The Hall–Kier alpha value is -1.58. The van der Waals surface area contributed by atoms with E-state index >= 15 is 0 Å². The lowest BCUT2D eigenvalue weighted by Gasteiger charge is -2.05. The quantitative estimate of drug-likeness (QED) is 0.706. The highest BCUT2D eigenvalue weighted by atomic mass is 35.5. The summed E-state index contributed by atoms with van der Waals surface area (Å²) in [6.45, 7) is 2.07. The number of aryl methyl sites for hydroxylation is 1. The SMILES string of the molecule is CCc1cn2ccnc(-c3ccc(Cl)cc3Cl)c2n1. The zero-order valence-corrected chi connectivity index (χ0v) is 11.8. The molecule has 0 unspecified atom stereocenters. The summed E-state index contributed by atoms with van der Waals surface area (Å²) in [4.78, 5) is 8.98. The van der Waals surface area contributed by atoms with Crippen LogP contribution >= 0.6 is 23.2 Å². The molecule has 0 aliphatic rings. The summed E-state index contributed by atoms with van der Waals surface area (Å²) < 4.78 is 1.96. The number of aromatic nitrogens is 3. The number of halogens is 2.